The largest absolute Gasteiger partial charge is 0.349 e. The first kappa shape index (κ1) is 18.7. The summed E-state index contributed by atoms with van der Waals surface area (Å²) in [6, 6.07) is 18.5. The molecule has 0 spiro atoms. The van der Waals surface area contributed by atoms with Crippen LogP contribution < -0.4 is 5.32 Å². The molecule has 0 radical (unpaired) electrons. The van der Waals surface area contributed by atoms with Crippen LogP contribution in [0.25, 0.3) is 22.2 Å². The fourth-order valence-electron chi connectivity index (χ4n) is 4.18. The Hall–Kier alpha value is -2.68. The molecule has 1 amide bonds. The molecule has 1 aromatic heterocycles. The normalized spacial score (nSPS) is 15.8. The number of aryl methyl sites for hydroxylation is 1. The van der Waals surface area contributed by atoms with Gasteiger partial charge in [-0.15, -0.1) is 0 Å². The van der Waals surface area contributed by atoms with Gasteiger partial charge in [0.25, 0.3) is 5.91 Å². The number of pyridine rings is 1. The molecule has 3 heteroatoms. The minimum absolute atomic E-state index is 0.0260. The van der Waals surface area contributed by atoms with Crippen molar-refractivity contribution in [1.29, 1.82) is 0 Å². The maximum Gasteiger partial charge on any atom is 0.252 e. The van der Waals surface area contributed by atoms with Crippen molar-refractivity contribution in [3.05, 3.63) is 65.7 Å². The second-order valence-corrected chi connectivity index (χ2v) is 7.96. The third-order valence-corrected chi connectivity index (χ3v) is 5.72. The number of aromatic nitrogens is 1. The number of hydrogen-bond acceptors (Lipinski definition) is 2. The standard InChI is InChI=1S/C25H28N2O/c1-18-10-9-11-19(16-18)24-17-22(21-14-7-8-15-23(21)27-24)25(28)26-20-12-5-3-2-4-6-13-20/h7-11,14-17,20H,2-6,12-13H2,1H3,(H,26,28). The van der Waals surface area contributed by atoms with E-state index >= 15 is 0 Å². The number of rotatable bonds is 3. The van der Waals surface area contributed by atoms with E-state index in [0.29, 0.717) is 0 Å². The van der Waals surface area contributed by atoms with Crippen molar-refractivity contribution in [2.45, 2.75) is 57.9 Å². The fraction of sp³-hybridized carbons (Fsp3) is 0.360. The molecule has 2 aromatic carbocycles. The summed E-state index contributed by atoms with van der Waals surface area (Å²) in [4.78, 5) is 18.1. The second-order valence-electron chi connectivity index (χ2n) is 7.96. The molecule has 1 heterocycles. The lowest BCUT2D eigenvalue weighted by molar-refractivity contribution is 0.0932. The summed E-state index contributed by atoms with van der Waals surface area (Å²) in [7, 11) is 0. The summed E-state index contributed by atoms with van der Waals surface area (Å²) < 4.78 is 0. The van der Waals surface area contributed by atoms with Crippen LogP contribution in [0.2, 0.25) is 0 Å². The van der Waals surface area contributed by atoms with Gasteiger partial charge in [0, 0.05) is 17.0 Å². The number of nitrogens with zero attached hydrogens (tertiary/aromatic N) is 1. The van der Waals surface area contributed by atoms with Crippen LogP contribution in [0.3, 0.4) is 0 Å². The Morgan fingerprint density at radius 2 is 1.68 bits per heavy atom. The van der Waals surface area contributed by atoms with Crippen LogP contribution in [-0.2, 0) is 0 Å². The Morgan fingerprint density at radius 1 is 0.929 bits per heavy atom. The first-order valence-electron chi connectivity index (χ1n) is 10.5. The van der Waals surface area contributed by atoms with Gasteiger partial charge in [0.05, 0.1) is 16.8 Å². The van der Waals surface area contributed by atoms with Crippen LogP contribution in [0.1, 0.15) is 60.9 Å². The van der Waals surface area contributed by atoms with E-state index in [-0.39, 0.29) is 11.9 Å². The van der Waals surface area contributed by atoms with Gasteiger partial charge in [-0.05, 0) is 38.0 Å². The van der Waals surface area contributed by atoms with Crippen molar-refractivity contribution in [2.24, 2.45) is 0 Å². The Labute approximate surface area is 167 Å². The summed E-state index contributed by atoms with van der Waals surface area (Å²) in [5.41, 5.74) is 4.68. The van der Waals surface area contributed by atoms with Crippen molar-refractivity contribution in [3.8, 4) is 11.3 Å². The van der Waals surface area contributed by atoms with Gasteiger partial charge >= 0.3 is 0 Å². The van der Waals surface area contributed by atoms with Gasteiger partial charge in [0.15, 0.2) is 0 Å². The van der Waals surface area contributed by atoms with Gasteiger partial charge in [0.2, 0.25) is 0 Å². The topological polar surface area (TPSA) is 42.0 Å². The minimum Gasteiger partial charge on any atom is -0.349 e. The highest BCUT2D eigenvalue weighted by atomic mass is 16.1. The van der Waals surface area contributed by atoms with Crippen molar-refractivity contribution < 1.29 is 4.79 Å². The van der Waals surface area contributed by atoms with Crippen molar-refractivity contribution >= 4 is 16.8 Å². The maximum atomic E-state index is 13.2. The number of carbonyl (C=O) groups excluding carboxylic acids is 1. The van der Waals surface area contributed by atoms with Crippen LogP contribution >= 0.6 is 0 Å². The van der Waals surface area contributed by atoms with Gasteiger partial charge in [0.1, 0.15) is 0 Å². The molecule has 3 aromatic rings. The highest BCUT2D eigenvalue weighted by Crippen LogP contribution is 2.26. The predicted molar refractivity (Wildman–Crippen MR) is 115 cm³/mol. The van der Waals surface area contributed by atoms with Crippen LogP contribution in [-0.4, -0.2) is 16.9 Å². The summed E-state index contributed by atoms with van der Waals surface area (Å²) in [6.45, 7) is 2.08. The first-order valence-corrected chi connectivity index (χ1v) is 10.5. The number of benzene rings is 2. The molecule has 1 fully saturated rings. The van der Waals surface area contributed by atoms with Gasteiger partial charge in [-0.3, -0.25) is 4.79 Å². The van der Waals surface area contributed by atoms with E-state index in [4.69, 9.17) is 4.98 Å². The molecule has 0 saturated heterocycles. The van der Waals surface area contributed by atoms with Gasteiger partial charge in [-0.25, -0.2) is 4.98 Å². The second kappa shape index (κ2) is 8.55. The van der Waals surface area contributed by atoms with Gasteiger partial charge in [-0.2, -0.15) is 0 Å². The average Bonchev–Trinajstić information content (AvgIpc) is 2.69. The molecule has 3 nitrogen and oxygen atoms in total. The van der Waals surface area contributed by atoms with Crippen molar-refractivity contribution in [3.63, 3.8) is 0 Å². The lowest BCUT2D eigenvalue weighted by Gasteiger charge is -2.21. The molecule has 0 aliphatic heterocycles. The summed E-state index contributed by atoms with van der Waals surface area (Å²) in [6.07, 6.45) is 8.46. The number of nitrogens with one attached hydrogen (secondary N) is 1. The van der Waals surface area contributed by atoms with Crippen molar-refractivity contribution in [1.82, 2.24) is 10.3 Å². The molecule has 1 aliphatic carbocycles. The number of fused-ring (bicyclic) bond motifs is 1. The molecule has 0 unspecified atom stereocenters. The van der Waals surface area contributed by atoms with Crippen LogP contribution in [0.4, 0.5) is 0 Å². The van der Waals surface area contributed by atoms with Gasteiger partial charge in [-0.1, -0.05) is 74.1 Å². The summed E-state index contributed by atoms with van der Waals surface area (Å²) in [5, 5.41) is 4.24. The van der Waals surface area contributed by atoms with E-state index in [1.165, 1.54) is 37.7 Å². The molecule has 28 heavy (non-hydrogen) atoms. The van der Waals surface area contributed by atoms with E-state index in [1.54, 1.807) is 0 Å². The molecular formula is C25H28N2O. The van der Waals surface area contributed by atoms with E-state index in [1.807, 2.05) is 36.4 Å². The molecule has 1 N–H and O–H groups in total. The number of carbonyl (C=O) groups is 1. The fourth-order valence-corrected chi connectivity index (χ4v) is 4.18. The smallest absolute Gasteiger partial charge is 0.252 e. The minimum atomic E-state index is 0.0260. The zero-order valence-corrected chi connectivity index (χ0v) is 16.6. The van der Waals surface area contributed by atoms with Crippen LogP contribution in [0.15, 0.2) is 54.6 Å². The molecule has 0 bridgehead atoms. The molecule has 1 saturated carbocycles. The molecule has 4 rings (SSSR count). The van der Waals surface area contributed by atoms with Crippen LogP contribution in [0, 0.1) is 6.92 Å². The van der Waals surface area contributed by atoms with Crippen LogP contribution in [0.5, 0.6) is 0 Å². The zero-order valence-electron chi connectivity index (χ0n) is 16.6. The number of para-hydroxylation sites is 1. The summed E-state index contributed by atoms with van der Waals surface area (Å²) in [5.74, 6) is 0.0260. The number of amides is 1. The van der Waals surface area contributed by atoms with E-state index in [0.717, 1.165) is 40.6 Å². The Bertz CT molecular complexity index is 971. The monoisotopic (exact) mass is 372 g/mol. The maximum absolute atomic E-state index is 13.2. The Balaban J connectivity index is 1.69. The lowest BCUT2D eigenvalue weighted by Crippen LogP contribution is -2.35. The Kier molecular flexibility index (Phi) is 5.70. The quantitative estimate of drug-likeness (QED) is 0.608. The van der Waals surface area contributed by atoms with E-state index < -0.39 is 0 Å². The molecule has 144 valence electrons. The predicted octanol–water partition coefficient (Wildman–Crippen LogP) is 6.05. The zero-order chi connectivity index (χ0) is 19.3. The van der Waals surface area contributed by atoms with Gasteiger partial charge < -0.3 is 5.32 Å². The summed E-state index contributed by atoms with van der Waals surface area (Å²) >= 11 is 0. The molecule has 1 aliphatic rings. The third kappa shape index (κ3) is 4.24. The highest BCUT2D eigenvalue weighted by molar-refractivity contribution is 6.07. The van der Waals surface area contributed by atoms with E-state index in [9.17, 15) is 4.79 Å². The molecular weight excluding hydrogens is 344 g/mol. The number of hydrogen-bond donors (Lipinski definition) is 1. The highest BCUT2D eigenvalue weighted by Gasteiger charge is 2.18. The first-order chi connectivity index (χ1) is 13.7. The van der Waals surface area contributed by atoms with Crippen molar-refractivity contribution in [2.75, 3.05) is 0 Å². The lowest BCUT2D eigenvalue weighted by atomic mass is 9.96. The van der Waals surface area contributed by atoms with E-state index in [2.05, 4.69) is 30.4 Å². The SMILES string of the molecule is Cc1cccc(-c2cc(C(=O)NC3CCCCCCC3)c3ccccc3n2)c1. The average molecular weight is 373 g/mol. The third-order valence-electron chi connectivity index (χ3n) is 5.72. The Morgan fingerprint density at radius 3 is 2.46 bits per heavy atom. The molecule has 0 atom stereocenters.